The number of hydrogen-bond acceptors (Lipinski definition) is 4. The van der Waals surface area contributed by atoms with Gasteiger partial charge in [-0.3, -0.25) is 0 Å². The molecule has 0 aromatic carbocycles. The third-order valence-electron chi connectivity index (χ3n) is 5.43. The molecule has 0 spiro atoms. The second kappa shape index (κ2) is 4.17. The molecule has 1 aromatic rings. The van der Waals surface area contributed by atoms with Crippen molar-refractivity contribution in [3.8, 4) is 0 Å². The standard InChI is InChI=1S/C15H22N4/c16-14-17-7-13(8-18-14)9-19-15-4-10-1-11(5-15)3-12(2-10)6-15/h7-8,10-12,19H,1-6,9H2,(H2,16,17,18). The molecule has 4 nitrogen and oxygen atoms in total. The molecule has 0 unspecified atom stereocenters. The second-order valence-electron chi connectivity index (χ2n) is 7.00. The summed E-state index contributed by atoms with van der Waals surface area (Å²) in [4.78, 5) is 8.14. The quantitative estimate of drug-likeness (QED) is 0.871. The zero-order valence-corrected chi connectivity index (χ0v) is 11.3. The average molecular weight is 258 g/mol. The molecule has 19 heavy (non-hydrogen) atoms. The first-order valence-electron chi connectivity index (χ1n) is 7.52. The SMILES string of the molecule is Nc1ncc(CNC23CC4CC(CC(C4)C2)C3)cn1. The van der Waals surface area contributed by atoms with Crippen molar-refractivity contribution in [2.75, 3.05) is 5.73 Å². The highest BCUT2D eigenvalue weighted by atomic mass is 15.0. The monoisotopic (exact) mass is 258 g/mol. The second-order valence-corrected chi connectivity index (χ2v) is 7.00. The van der Waals surface area contributed by atoms with Crippen LogP contribution in [-0.2, 0) is 6.54 Å². The molecule has 0 atom stereocenters. The lowest BCUT2D eigenvalue weighted by molar-refractivity contribution is -0.0206. The van der Waals surface area contributed by atoms with Gasteiger partial charge in [-0.25, -0.2) is 9.97 Å². The van der Waals surface area contributed by atoms with E-state index in [2.05, 4.69) is 15.3 Å². The summed E-state index contributed by atoms with van der Waals surface area (Å²) >= 11 is 0. The van der Waals surface area contributed by atoms with E-state index in [1.165, 1.54) is 38.5 Å². The first-order valence-corrected chi connectivity index (χ1v) is 7.52. The Bertz CT molecular complexity index is 432. The Morgan fingerprint density at radius 1 is 1.05 bits per heavy atom. The van der Waals surface area contributed by atoms with Crippen LogP contribution in [0, 0.1) is 17.8 Å². The molecule has 4 heteroatoms. The molecular weight excluding hydrogens is 236 g/mol. The van der Waals surface area contributed by atoms with E-state index < -0.39 is 0 Å². The minimum Gasteiger partial charge on any atom is -0.368 e. The fourth-order valence-electron chi connectivity index (χ4n) is 5.07. The van der Waals surface area contributed by atoms with Crippen molar-refractivity contribution < 1.29 is 0 Å². The maximum absolute atomic E-state index is 5.53. The van der Waals surface area contributed by atoms with Gasteiger partial charge in [-0.15, -0.1) is 0 Å². The predicted octanol–water partition coefficient (Wildman–Crippen LogP) is 2.12. The number of aromatic nitrogens is 2. The maximum atomic E-state index is 5.53. The Labute approximate surface area is 114 Å². The Hall–Kier alpha value is -1.16. The van der Waals surface area contributed by atoms with Crippen LogP contribution >= 0.6 is 0 Å². The van der Waals surface area contributed by atoms with Gasteiger partial charge in [0.05, 0.1) is 0 Å². The van der Waals surface area contributed by atoms with Crippen LogP contribution in [0.25, 0.3) is 0 Å². The van der Waals surface area contributed by atoms with Crippen molar-refractivity contribution in [2.24, 2.45) is 17.8 Å². The molecule has 3 N–H and O–H groups in total. The van der Waals surface area contributed by atoms with Gasteiger partial charge in [0.1, 0.15) is 0 Å². The largest absolute Gasteiger partial charge is 0.368 e. The van der Waals surface area contributed by atoms with Crippen molar-refractivity contribution in [2.45, 2.75) is 50.6 Å². The van der Waals surface area contributed by atoms with E-state index in [-0.39, 0.29) is 0 Å². The summed E-state index contributed by atoms with van der Waals surface area (Å²) < 4.78 is 0. The Balaban J connectivity index is 1.46. The van der Waals surface area contributed by atoms with Crippen molar-refractivity contribution in [3.63, 3.8) is 0 Å². The smallest absolute Gasteiger partial charge is 0.219 e. The first kappa shape index (κ1) is 11.6. The number of nitrogens with one attached hydrogen (secondary N) is 1. The Morgan fingerprint density at radius 3 is 2.11 bits per heavy atom. The lowest BCUT2D eigenvalue weighted by atomic mass is 9.53. The number of rotatable bonds is 3. The summed E-state index contributed by atoms with van der Waals surface area (Å²) in [6, 6.07) is 0. The number of nitrogen functional groups attached to an aromatic ring is 1. The summed E-state index contributed by atoms with van der Waals surface area (Å²) in [5, 5.41) is 3.84. The molecule has 0 amide bonds. The van der Waals surface area contributed by atoms with Crippen LogP contribution in [-0.4, -0.2) is 15.5 Å². The van der Waals surface area contributed by atoms with Gasteiger partial charge in [0.15, 0.2) is 0 Å². The van der Waals surface area contributed by atoms with Gasteiger partial charge in [-0.1, -0.05) is 0 Å². The van der Waals surface area contributed by atoms with Gasteiger partial charge in [0.25, 0.3) is 0 Å². The summed E-state index contributed by atoms with van der Waals surface area (Å²) in [5.74, 6) is 3.32. The summed E-state index contributed by atoms with van der Waals surface area (Å²) in [5.41, 5.74) is 7.08. The molecule has 1 aromatic heterocycles. The third kappa shape index (κ3) is 2.12. The fourth-order valence-corrected chi connectivity index (χ4v) is 5.07. The lowest BCUT2D eigenvalue weighted by Gasteiger charge is -2.57. The van der Waals surface area contributed by atoms with Gasteiger partial charge in [-0.05, 0) is 56.3 Å². The van der Waals surface area contributed by atoms with Crippen molar-refractivity contribution in [1.82, 2.24) is 15.3 Å². The normalized spacial score (nSPS) is 39.7. The van der Waals surface area contributed by atoms with Crippen molar-refractivity contribution >= 4 is 5.95 Å². The van der Waals surface area contributed by atoms with Gasteiger partial charge in [0, 0.05) is 30.0 Å². The van der Waals surface area contributed by atoms with E-state index in [0.29, 0.717) is 11.5 Å². The molecule has 4 bridgehead atoms. The molecule has 4 fully saturated rings. The fraction of sp³-hybridized carbons (Fsp3) is 0.733. The van der Waals surface area contributed by atoms with Crippen LogP contribution in [0.5, 0.6) is 0 Å². The highest BCUT2D eigenvalue weighted by Crippen LogP contribution is 2.55. The molecule has 4 saturated carbocycles. The Kier molecular flexibility index (Phi) is 2.56. The van der Waals surface area contributed by atoms with E-state index in [1.807, 2.05) is 12.4 Å². The molecule has 0 saturated heterocycles. The highest BCUT2D eigenvalue weighted by Gasteiger charge is 2.50. The molecule has 1 heterocycles. The molecular formula is C15H22N4. The van der Waals surface area contributed by atoms with E-state index in [4.69, 9.17) is 5.73 Å². The maximum Gasteiger partial charge on any atom is 0.219 e. The van der Waals surface area contributed by atoms with Gasteiger partial charge >= 0.3 is 0 Å². The van der Waals surface area contributed by atoms with Gasteiger partial charge in [0.2, 0.25) is 5.95 Å². The first-order chi connectivity index (χ1) is 9.21. The minimum absolute atomic E-state index is 0.360. The third-order valence-corrected chi connectivity index (χ3v) is 5.43. The molecule has 102 valence electrons. The van der Waals surface area contributed by atoms with Crippen LogP contribution in [0.3, 0.4) is 0 Å². The number of anilines is 1. The zero-order chi connectivity index (χ0) is 12.9. The predicted molar refractivity (Wildman–Crippen MR) is 74.2 cm³/mol. The van der Waals surface area contributed by atoms with Gasteiger partial charge < -0.3 is 11.1 Å². The molecule has 0 aliphatic heterocycles. The highest BCUT2D eigenvalue weighted by molar-refractivity contribution is 5.17. The lowest BCUT2D eigenvalue weighted by Crippen LogP contribution is -2.58. The van der Waals surface area contributed by atoms with Crippen molar-refractivity contribution in [3.05, 3.63) is 18.0 Å². The Morgan fingerprint density at radius 2 is 1.58 bits per heavy atom. The van der Waals surface area contributed by atoms with E-state index >= 15 is 0 Å². The zero-order valence-electron chi connectivity index (χ0n) is 11.3. The van der Waals surface area contributed by atoms with E-state index in [9.17, 15) is 0 Å². The summed E-state index contributed by atoms with van der Waals surface area (Å²) in [6.45, 7) is 0.881. The van der Waals surface area contributed by atoms with Gasteiger partial charge in [-0.2, -0.15) is 0 Å². The summed E-state index contributed by atoms with van der Waals surface area (Å²) in [7, 11) is 0. The molecule has 0 radical (unpaired) electrons. The topological polar surface area (TPSA) is 63.8 Å². The van der Waals surface area contributed by atoms with Crippen LogP contribution in [0.2, 0.25) is 0 Å². The minimum atomic E-state index is 0.360. The van der Waals surface area contributed by atoms with Crippen LogP contribution in [0.1, 0.15) is 44.1 Å². The summed E-state index contributed by atoms with van der Waals surface area (Å²) in [6.07, 6.45) is 12.3. The van der Waals surface area contributed by atoms with Crippen LogP contribution < -0.4 is 11.1 Å². The number of nitrogens with two attached hydrogens (primary N) is 1. The van der Waals surface area contributed by atoms with Crippen molar-refractivity contribution in [1.29, 1.82) is 0 Å². The molecule has 5 rings (SSSR count). The number of hydrogen-bond donors (Lipinski definition) is 2. The molecule has 4 aliphatic carbocycles. The van der Waals surface area contributed by atoms with E-state index in [1.54, 1.807) is 0 Å². The average Bonchev–Trinajstić information content (AvgIpc) is 2.36. The molecule has 4 aliphatic rings. The van der Waals surface area contributed by atoms with Crippen LogP contribution in [0.15, 0.2) is 12.4 Å². The van der Waals surface area contributed by atoms with E-state index in [0.717, 1.165) is 29.9 Å². The van der Waals surface area contributed by atoms with Crippen LogP contribution in [0.4, 0.5) is 5.95 Å². The number of nitrogens with zero attached hydrogens (tertiary/aromatic N) is 2.